The summed E-state index contributed by atoms with van der Waals surface area (Å²) in [6.07, 6.45) is -0.881. The fourth-order valence-corrected chi connectivity index (χ4v) is 2.51. The van der Waals surface area contributed by atoms with Crippen LogP contribution in [0.2, 0.25) is 0 Å². The van der Waals surface area contributed by atoms with E-state index in [1.165, 1.54) is 17.2 Å². The van der Waals surface area contributed by atoms with Crippen LogP contribution < -0.4 is 11.1 Å². The number of nitrogen functional groups attached to an aromatic ring is 1. The third-order valence-electron chi connectivity index (χ3n) is 3.63. The maximum Gasteiger partial charge on any atom is 0.167 e. The van der Waals surface area contributed by atoms with Crippen molar-refractivity contribution in [2.45, 2.75) is 24.5 Å². The fraction of sp³-hybridized carbons (Fsp3) is 0.583. The average Bonchev–Trinajstić information content (AvgIpc) is 3.05. The minimum atomic E-state index is -1.13. The van der Waals surface area contributed by atoms with E-state index in [9.17, 15) is 10.2 Å². The van der Waals surface area contributed by atoms with E-state index in [0.717, 1.165) is 0 Å². The van der Waals surface area contributed by atoms with Gasteiger partial charge in [0.05, 0.1) is 12.9 Å². The van der Waals surface area contributed by atoms with Gasteiger partial charge < -0.3 is 31.1 Å². The molecule has 0 spiro atoms. The van der Waals surface area contributed by atoms with Gasteiger partial charge in [-0.1, -0.05) is 0 Å². The highest BCUT2D eigenvalue weighted by molar-refractivity contribution is 5.81. The molecule has 0 saturated carbocycles. The molecule has 6 N–H and O–H groups in total. The highest BCUT2D eigenvalue weighted by Gasteiger charge is 2.44. The first-order chi connectivity index (χ1) is 10.6. The molecule has 10 nitrogen and oxygen atoms in total. The van der Waals surface area contributed by atoms with Gasteiger partial charge in [-0.25, -0.2) is 15.0 Å². The maximum atomic E-state index is 10.2. The Morgan fingerprint density at radius 2 is 2.09 bits per heavy atom. The number of hydrogen-bond acceptors (Lipinski definition) is 9. The van der Waals surface area contributed by atoms with E-state index in [4.69, 9.17) is 15.6 Å². The molecule has 0 aliphatic carbocycles. The van der Waals surface area contributed by atoms with Gasteiger partial charge in [0.15, 0.2) is 17.7 Å². The molecule has 1 aliphatic rings. The number of fused-ring (bicyclic) bond motifs is 1. The Kier molecular flexibility index (Phi) is 4.18. The lowest BCUT2D eigenvalue weighted by atomic mass is 10.1. The zero-order chi connectivity index (χ0) is 15.7. The molecule has 0 aromatic carbocycles. The number of ether oxygens (including phenoxy) is 1. The molecule has 4 atom stereocenters. The molecule has 0 bridgehead atoms. The number of nitrogens with zero attached hydrogens (tertiary/aromatic N) is 4. The van der Waals surface area contributed by atoms with Gasteiger partial charge in [-0.05, 0) is 0 Å². The van der Waals surface area contributed by atoms with Crippen LogP contribution in [0.15, 0.2) is 12.7 Å². The minimum Gasteiger partial charge on any atom is -0.395 e. The number of aliphatic hydroxyl groups is 3. The van der Waals surface area contributed by atoms with Crippen molar-refractivity contribution in [3.05, 3.63) is 12.7 Å². The molecule has 0 amide bonds. The van der Waals surface area contributed by atoms with Gasteiger partial charge in [0, 0.05) is 13.1 Å². The topological polar surface area (TPSA) is 152 Å². The van der Waals surface area contributed by atoms with Crippen LogP contribution in [0.1, 0.15) is 6.23 Å². The van der Waals surface area contributed by atoms with Crippen LogP contribution in [-0.4, -0.2) is 72.8 Å². The van der Waals surface area contributed by atoms with E-state index in [-0.39, 0.29) is 12.4 Å². The van der Waals surface area contributed by atoms with Crippen molar-refractivity contribution in [3.63, 3.8) is 0 Å². The first-order valence-electron chi connectivity index (χ1n) is 6.89. The number of nitrogens with two attached hydrogens (primary N) is 1. The first-order valence-corrected chi connectivity index (χ1v) is 6.89. The summed E-state index contributed by atoms with van der Waals surface area (Å²) in [7, 11) is 0. The monoisotopic (exact) mass is 310 g/mol. The Bertz CT molecular complexity index is 650. The molecule has 22 heavy (non-hydrogen) atoms. The summed E-state index contributed by atoms with van der Waals surface area (Å²) < 4.78 is 7.22. The number of anilines is 1. The predicted molar refractivity (Wildman–Crippen MR) is 75.6 cm³/mol. The second kappa shape index (κ2) is 6.10. The van der Waals surface area contributed by atoms with Crippen LogP contribution >= 0.6 is 0 Å². The number of rotatable bonds is 5. The first kappa shape index (κ1) is 15.1. The standard InChI is InChI=1S/C12H18N6O4/c13-10-7-11(16-4-15-10)18(5-17-7)12-9(21)8(20)6(22-12)3-14-1-2-19/h4-6,8-9,12,14,19-21H,1-3H2,(H2,13,15,16). The summed E-state index contributed by atoms with van der Waals surface area (Å²) in [5, 5.41) is 32.0. The molecule has 2 aromatic rings. The van der Waals surface area contributed by atoms with Gasteiger partial charge in [0.2, 0.25) is 0 Å². The zero-order valence-corrected chi connectivity index (χ0v) is 11.7. The molecular formula is C12H18N6O4. The van der Waals surface area contributed by atoms with Gasteiger partial charge in [-0.2, -0.15) is 0 Å². The number of hydrogen-bond donors (Lipinski definition) is 5. The van der Waals surface area contributed by atoms with Gasteiger partial charge in [0.1, 0.15) is 30.2 Å². The van der Waals surface area contributed by atoms with Crippen molar-refractivity contribution in [2.75, 3.05) is 25.4 Å². The predicted octanol–water partition coefficient (Wildman–Crippen LogP) is -2.39. The smallest absolute Gasteiger partial charge is 0.167 e. The van der Waals surface area contributed by atoms with Gasteiger partial charge in [-0.3, -0.25) is 4.57 Å². The highest BCUT2D eigenvalue weighted by Crippen LogP contribution is 2.31. The number of aliphatic hydroxyl groups excluding tert-OH is 3. The summed E-state index contributed by atoms with van der Waals surface area (Å²) in [4.78, 5) is 12.1. The third kappa shape index (κ3) is 2.51. The second-order valence-electron chi connectivity index (χ2n) is 5.06. The van der Waals surface area contributed by atoms with Gasteiger partial charge in [0.25, 0.3) is 0 Å². The lowest BCUT2D eigenvalue weighted by molar-refractivity contribution is -0.0342. The van der Waals surface area contributed by atoms with Crippen molar-refractivity contribution in [1.29, 1.82) is 0 Å². The number of imidazole rings is 1. The molecule has 1 fully saturated rings. The Morgan fingerprint density at radius 3 is 2.86 bits per heavy atom. The molecule has 3 heterocycles. The number of nitrogens with one attached hydrogen (secondary N) is 1. The molecular weight excluding hydrogens is 292 g/mol. The zero-order valence-electron chi connectivity index (χ0n) is 11.7. The van der Waals surface area contributed by atoms with Crippen LogP contribution in [0.5, 0.6) is 0 Å². The van der Waals surface area contributed by atoms with Crippen LogP contribution in [0.3, 0.4) is 0 Å². The molecule has 120 valence electrons. The maximum absolute atomic E-state index is 10.2. The van der Waals surface area contributed by atoms with Gasteiger partial charge in [-0.15, -0.1) is 0 Å². The van der Waals surface area contributed by atoms with Crippen LogP contribution in [0.25, 0.3) is 11.2 Å². The Balaban J connectivity index is 1.83. The second-order valence-corrected chi connectivity index (χ2v) is 5.06. The molecule has 4 unspecified atom stereocenters. The molecule has 2 aromatic heterocycles. The summed E-state index contributed by atoms with van der Waals surface area (Å²) in [5.41, 5.74) is 6.56. The average molecular weight is 310 g/mol. The minimum absolute atomic E-state index is 0.0167. The van der Waals surface area contributed by atoms with Crippen LogP contribution in [-0.2, 0) is 4.74 Å². The molecule has 3 rings (SSSR count). The van der Waals surface area contributed by atoms with Crippen LogP contribution in [0, 0.1) is 0 Å². The lowest BCUT2D eigenvalue weighted by Gasteiger charge is -2.16. The summed E-state index contributed by atoms with van der Waals surface area (Å²) in [5.74, 6) is 0.234. The van der Waals surface area contributed by atoms with Crippen molar-refractivity contribution in [1.82, 2.24) is 24.8 Å². The summed E-state index contributed by atoms with van der Waals surface area (Å²) >= 11 is 0. The van der Waals surface area contributed by atoms with E-state index in [1.807, 2.05) is 0 Å². The SMILES string of the molecule is Nc1ncnc2c1ncn2C1OC(CNCCO)C(O)C1O. The largest absolute Gasteiger partial charge is 0.395 e. The number of aromatic nitrogens is 4. The Morgan fingerprint density at radius 1 is 1.27 bits per heavy atom. The van der Waals surface area contributed by atoms with Crippen molar-refractivity contribution < 1.29 is 20.1 Å². The molecule has 1 aliphatic heterocycles. The van der Waals surface area contributed by atoms with E-state index < -0.39 is 24.5 Å². The van der Waals surface area contributed by atoms with Crippen molar-refractivity contribution >= 4 is 17.0 Å². The third-order valence-corrected chi connectivity index (χ3v) is 3.63. The Labute approximate surface area is 125 Å². The fourth-order valence-electron chi connectivity index (χ4n) is 2.51. The molecule has 1 saturated heterocycles. The molecule has 10 heteroatoms. The van der Waals surface area contributed by atoms with Crippen LogP contribution in [0.4, 0.5) is 5.82 Å². The Hall–Kier alpha value is -1.85. The van der Waals surface area contributed by atoms with Crippen molar-refractivity contribution in [3.8, 4) is 0 Å². The normalized spacial score (nSPS) is 28.5. The van der Waals surface area contributed by atoms with Crippen molar-refractivity contribution in [2.24, 2.45) is 0 Å². The molecule has 0 radical (unpaired) electrons. The van der Waals surface area contributed by atoms with E-state index in [2.05, 4.69) is 20.3 Å². The highest BCUT2D eigenvalue weighted by atomic mass is 16.6. The summed E-state index contributed by atoms with van der Waals surface area (Å²) in [6.45, 7) is 0.668. The quantitative estimate of drug-likeness (QED) is 0.381. The van der Waals surface area contributed by atoms with Gasteiger partial charge >= 0.3 is 0 Å². The summed E-state index contributed by atoms with van der Waals surface area (Å²) in [6, 6.07) is 0. The van der Waals surface area contributed by atoms with E-state index >= 15 is 0 Å². The lowest BCUT2D eigenvalue weighted by Crippen LogP contribution is -2.38. The van der Waals surface area contributed by atoms with E-state index in [1.54, 1.807) is 0 Å². The van der Waals surface area contributed by atoms with E-state index in [0.29, 0.717) is 24.3 Å².